The van der Waals surface area contributed by atoms with E-state index in [1.165, 1.54) is 0 Å². The second kappa shape index (κ2) is 5.56. The lowest BCUT2D eigenvalue weighted by Gasteiger charge is -2.13. The normalized spacial score (nSPS) is 11.2. The van der Waals surface area contributed by atoms with E-state index >= 15 is 0 Å². The SMILES string of the molecule is C#CCC(=O)NC(C(=O)O)c1ccccc1. The highest BCUT2D eigenvalue weighted by atomic mass is 16.4. The van der Waals surface area contributed by atoms with Gasteiger partial charge in [0.2, 0.25) is 5.91 Å². The summed E-state index contributed by atoms with van der Waals surface area (Å²) < 4.78 is 0. The van der Waals surface area contributed by atoms with Gasteiger partial charge in [0.05, 0.1) is 6.42 Å². The lowest BCUT2D eigenvalue weighted by Crippen LogP contribution is -2.33. The summed E-state index contributed by atoms with van der Waals surface area (Å²) in [6.45, 7) is 0. The van der Waals surface area contributed by atoms with Gasteiger partial charge in [-0.05, 0) is 5.56 Å². The monoisotopic (exact) mass is 217 g/mol. The van der Waals surface area contributed by atoms with E-state index in [0.29, 0.717) is 5.56 Å². The molecule has 1 amide bonds. The number of amides is 1. The molecule has 0 aliphatic rings. The van der Waals surface area contributed by atoms with Crippen molar-refractivity contribution >= 4 is 11.9 Å². The van der Waals surface area contributed by atoms with E-state index in [1.807, 2.05) is 0 Å². The first-order valence-corrected chi connectivity index (χ1v) is 4.65. The summed E-state index contributed by atoms with van der Waals surface area (Å²) in [5.41, 5.74) is 0.514. The molecular formula is C12H11NO3. The van der Waals surface area contributed by atoms with Gasteiger partial charge in [-0.25, -0.2) is 4.79 Å². The summed E-state index contributed by atoms with van der Waals surface area (Å²) >= 11 is 0. The Labute approximate surface area is 93.3 Å². The Kier molecular flexibility index (Phi) is 4.10. The summed E-state index contributed by atoms with van der Waals surface area (Å²) in [5, 5.41) is 11.3. The fourth-order valence-corrected chi connectivity index (χ4v) is 1.24. The van der Waals surface area contributed by atoms with Crippen molar-refractivity contribution < 1.29 is 14.7 Å². The van der Waals surface area contributed by atoms with Gasteiger partial charge in [0.15, 0.2) is 6.04 Å². The Balaban J connectivity index is 2.82. The molecule has 0 heterocycles. The number of hydrogen-bond acceptors (Lipinski definition) is 2. The highest BCUT2D eigenvalue weighted by Gasteiger charge is 2.20. The van der Waals surface area contributed by atoms with Crippen LogP contribution in [0.3, 0.4) is 0 Å². The van der Waals surface area contributed by atoms with E-state index in [-0.39, 0.29) is 6.42 Å². The van der Waals surface area contributed by atoms with Gasteiger partial charge in [0.25, 0.3) is 0 Å². The van der Waals surface area contributed by atoms with E-state index in [1.54, 1.807) is 30.3 Å². The zero-order valence-electron chi connectivity index (χ0n) is 8.51. The minimum Gasteiger partial charge on any atom is -0.479 e. The molecule has 0 aromatic heterocycles. The van der Waals surface area contributed by atoms with Crippen molar-refractivity contribution in [2.75, 3.05) is 0 Å². The average molecular weight is 217 g/mol. The largest absolute Gasteiger partial charge is 0.479 e. The van der Waals surface area contributed by atoms with Crippen LogP contribution in [0.15, 0.2) is 30.3 Å². The number of carboxylic acid groups (broad SMARTS) is 1. The molecule has 0 saturated carbocycles. The molecule has 0 aliphatic heterocycles. The predicted octanol–water partition coefficient (Wildman–Crippen LogP) is 0.952. The average Bonchev–Trinajstić information content (AvgIpc) is 2.27. The fourth-order valence-electron chi connectivity index (χ4n) is 1.24. The molecule has 4 nitrogen and oxygen atoms in total. The quantitative estimate of drug-likeness (QED) is 0.738. The Morgan fingerprint density at radius 2 is 2.00 bits per heavy atom. The fraction of sp³-hybridized carbons (Fsp3) is 0.167. The molecule has 16 heavy (non-hydrogen) atoms. The van der Waals surface area contributed by atoms with Crippen molar-refractivity contribution in [1.29, 1.82) is 0 Å². The van der Waals surface area contributed by atoms with Gasteiger partial charge >= 0.3 is 5.97 Å². The summed E-state index contributed by atoms with van der Waals surface area (Å²) in [6.07, 6.45) is 4.83. The molecule has 1 unspecified atom stereocenters. The van der Waals surface area contributed by atoms with Gasteiger partial charge in [-0.1, -0.05) is 36.3 Å². The summed E-state index contributed by atoms with van der Waals surface area (Å²) in [4.78, 5) is 22.2. The van der Waals surface area contributed by atoms with Crippen molar-refractivity contribution in [2.24, 2.45) is 0 Å². The molecule has 2 N–H and O–H groups in total. The van der Waals surface area contributed by atoms with E-state index in [0.717, 1.165) is 0 Å². The molecule has 0 spiro atoms. The number of hydrogen-bond donors (Lipinski definition) is 2. The van der Waals surface area contributed by atoms with Gasteiger partial charge in [0, 0.05) is 0 Å². The molecule has 0 aliphatic carbocycles. The number of carbonyl (C=O) groups is 2. The van der Waals surface area contributed by atoms with Gasteiger partial charge in [-0.15, -0.1) is 6.42 Å². The zero-order valence-corrected chi connectivity index (χ0v) is 8.51. The second-order valence-corrected chi connectivity index (χ2v) is 3.13. The number of carboxylic acids is 1. The van der Waals surface area contributed by atoms with Crippen molar-refractivity contribution in [3.8, 4) is 12.3 Å². The Bertz CT molecular complexity index is 420. The maximum absolute atomic E-state index is 11.2. The molecule has 0 saturated heterocycles. The third kappa shape index (κ3) is 3.14. The minimum atomic E-state index is -1.11. The van der Waals surface area contributed by atoms with Crippen LogP contribution >= 0.6 is 0 Å². The third-order valence-corrected chi connectivity index (χ3v) is 1.95. The maximum Gasteiger partial charge on any atom is 0.330 e. The van der Waals surface area contributed by atoms with Crippen molar-refractivity contribution in [2.45, 2.75) is 12.5 Å². The van der Waals surface area contributed by atoms with Crippen LogP contribution in [0.5, 0.6) is 0 Å². The molecule has 0 fully saturated rings. The van der Waals surface area contributed by atoms with Crippen LogP contribution in [-0.4, -0.2) is 17.0 Å². The van der Waals surface area contributed by atoms with Crippen LogP contribution < -0.4 is 5.32 Å². The first kappa shape index (κ1) is 11.8. The van der Waals surface area contributed by atoms with Crippen molar-refractivity contribution in [1.82, 2.24) is 5.32 Å². The predicted molar refractivity (Wildman–Crippen MR) is 58.4 cm³/mol. The number of carbonyl (C=O) groups excluding carboxylic acids is 1. The van der Waals surface area contributed by atoms with Crippen LogP contribution in [0, 0.1) is 12.3 Å². The van der Waals surface area contributed by atoms with E-state index in [2.05, 4.69) is 11.2 Å². The first-order valence-electron chi connectivity index (χ1n) is 4.65. The van der Waals surface area contributed by atoms with Gasteiger partial charge in [-0.3, -0.25) is 4.79 Å². The number of benzene rings is 1. The molecule has 1 aromatic carbocycles. The molecule has 1 atom stereocenters. The number of nitrogens with one attached hydrogen (secondary N) is 1. The molecule has 4 heteroatoms. The zero-order chi connectivity index (χ0) is 12.0. The van der Waals surface area contributed by atoms with Crippen LogP contribution in [0.4, 0.5) is 0 Å². The van der Waals surface area contributed by atoms with Crippen LogP contribution in [0.1, 0.15) is 18.0 Å². The molecule has 82 valence electrons. The van der Waals surface area contributed by atoms with Crippen LogP contribution in [-0.2, 0) is 9.59 Å². The Morgan fingerprint density at radius 3 is 2.50 bits per heavy atom. The Morgan fingerprint density at radius 1 is 1.38 bits per heavy atom. The molecule has 0 radical (unpaired) electrons. The highest BCUT2D eigenvalue weighted by molar-refractivity contribution is 5.85. The van der Waals surface area contributed by atoms with Crippen LogP contribution in [0.2, 0.25) is 0 Å². The van der Waals surface area contributed by atoms with Gasteiger partial charge in [-0.2, -0.15) is 0 Å². The lowest BCUT2D eigenvalue weighted by atomic mass is 10.1. The molecule has 0 bridgehead atoms. The van der Waals surface area contributed by atoms with Gasteiger partial charge < -0.3 is 10.4 Å². The van der Waals surface area contributed by atoms with Crippen molar-refractivity contribution in [3.05, 3.63) is 35.9 Å². The minimum absolute atomic E-state index is 0.128. The Hall–Kier alpha value is -2.28. The summed E-state index contributed by atoms with van der Waals surface area (Å²) in [7, 11) is 0. The summed E-state index contributed by atoms with van der Waals surface area (Å²) in [6, 6.07) is 7.40. The first-order chi connectivity index (χ1) is 7.65. The molecule has 1 rings (SSSR count). The molecule has 1 aromatic rings. The number of aliphatic carboxylic acids is 1. The second-order valence-electron chi connectivity index (χ2n) is 3.13. The topological polar surface area (TPSA) is 66.4 Å². The van der Waals surface area contributed by atoms with E-state index < -0.39 is 17.9 Å². The summed E-state index contributed by atoms with van der Waals surface area (Å²) in [5.74, 6) is 0.571. The number of rotatable bonds is 4. The maximum atomic E-state index is 11.2. The number of terminal acetylenes is 1. The van der Waals surface area contributed by atoms with E-state index in [9.17, 15) is 9.59 Å². The lowest BCUT2D eigenvalue weighted by molar-refractivity contribution is -0.141. The van der Waals surface area contributed by atoms with Crippen molar-refractivity contribution in [3.63, 3.8) is 0 Å². The smallest absolute Gasteiger partial charge is 0.330 e. The highest BCUT2D eigenvalue weighted by Crippen LogP contribution is 2.12. The van der Waals surface area contributed by atoms with Gasteiger partial charge in [0.1, 0.15) is 0 Å². The molecular weight excluding hydrogens is 206 g/mol. The third-order valence-electron chi connectivity index (χ3n) is 1.95. The van der Waals surface area contributed by atoms with Crippen LogP contribution in [0.25, 0.3) is 0 Å². The standard InChI is InChI=1S/C12H11NO3/c1-2-6-10(14)13-11(12(15)16)9-7-4-3-5-8-9/h1,3-5,7-8,11H,6H2,(H,13,14)(H,15,16). The van der Waals surface area contributed by atoms with E-state index in [4.69, 9.17) is 11.5 Å².